The van der Waals surface area contributed by atoms with Gasteiger partial charge < -0.3 is 18.2 Å². The van der Waals surface area contributed by atoms with E-state index >= 15 is 0 Å². The number of benzene rings is 1. The molecule has 0 aromatic heterocycles. The second kappa shape index (κ2) is 15.0. The molecule has 0 spiro atoms. The van der Waals surface area contributed by atoms with E-state index in [1.165, 1.54) is 4.90 Å². The normalized spacial score (nSPS) is 18.1. The smallest absolute Gasteiger partial charge is 0.261 e. The average Bonchev–Trinajstić information content (AvgIpc) is 3.15. The number of carbonyl (C=O) groups is 2. The first-order valence-electron chi connectivity index (χ1n) is 17.7. The predicted octanol–water partition coefficient (Wildman–Crippen LogP) is 9.29. The minimum atomic E-state index is -2.16. The van der Waals surface area contributed by atoms with Gasteiger partial charge in [0.15, 0.2) is 25.0 Å². The first-order valence-corrected chi connectivity index (χ1v) is 26.4. The number of likely N-dealkylation sites (N-methyl/N-ethyl adjacent to an activating group) is 1. The number of imide groups is 1. The Morgan fingerprint density at radius 3 is 1.57 bits per heavy atom. The molecule has 1 aliphatic rings. The van der Waals surface area contributed by atoms with Gasteiger partial charge in [0, 0.05) is 25.6 Å². The quantitative estimate of drug-likeness (QED) is 0.134. The van der Waals surface area contributed by atoms with Crippen LogP contribution >= 0.6 is 0 Å². The third-order valence-corrected chi connectivity index (χ3v) is 25.2. The van der Waals surface area contributed by atoms with E-state index < -0.39 is 25.0 Å². The lowest BCUT2D eigenvalue weighted by atomic mass is 9.89. The second-order valence-electron chi connectivity index (χ2n) is 18.7. The molecule has 270 valence electrons. The molecular weight excluding hydrogens is 637 g/mol. The molecule has 47 heavy (non-hydrogen) atoms. The molecule has 4 atom stereocenters. The van der Waals surface area contributed by atoms with Crippen LogP contribution < -0.4 is 0 Å². The van der Waals surface area contributed by atoms with Crippen LogP contribution in [-0.2, 0) is 13.3 Å². The van der Waals surface area contributed by atoms with Crippen molar-refractivity contribution < 1.29 is 22.9 Å². The fraction of sp³-hybridized carbons (Fsp3) is 0.784. The number of carbonyl (C=O) groups excluding carboxylic acids is 2. The number of hydrogen-bond acceptors (Lipinski definition) is 6. The van der Waals surface area contributed by atoms with E-state index in [1.807, 2.05) is 12.1 Å². The summed E-state index contributed by atoms with van der Waals surface area (Å²) in [6, 6.07) is 7.10. The summed E-state index contributed by atoms with van der Waals surface area (Å²) in [5.74, 6) is -0.147. The van der Waals surface area contributed by atoms with Crippen LogP contribution in [0, 0.1) is 11.8 Å². The number of nitrogens with zero attached hydrogens (tertiary/aromatic N) is 2. The number of fused-ring (bicyclic) bond motifs is 1. The van der Waals surface area contributed by atoms with E-state index in [9.17, 15) is 9.59 Å². The zero-order valence-corrected chi connectivity index (χ0v) is 36.4. The second-order valence-corrected chi connectivity index (χ2v) is 33.1. The molecule has 0 saturated carbocycles. The van der Waals surface area contributed by atoms with Crippen molar-refractivity contribution >= 4 is 36.8 Å². The van der Waals surface area contributed by atoms with Crippen LogP contribution in [-0.4, -0.2) is 92.1 Å². The van der Waals surface area contributed by atoms with Gasteiger partial charge in [0.1, 0.15) is 0 Å². The van der Waals surface area contributed by atoms with Gasteiger partial charge in [0.25, 0.3) is 11.8 Å². The summed E-state index contributed by atoms with van der Waals surface area (Å²) in [7, 11) is -4.25. The molecule has 0 fully saturated rings. The minimum Gasteiger partial charge on any atom is -0.414 e. The lowest BCUT2D eigenvalue weighted by Gasteiger charge is -2.48. The molecule has 1 aromatic carbocycles. The molecule has 10 heteroatoms. The fourth-order valence-electron chi connectivity index (χ4n) is 5.23. The Hall–Kier alpha value is -1.15. The van der Waals surface area contributed by atoms with E-state index in [0.29, 0.717) is 30.8 Å². The monoisotopic (exact) mass is 706 g/mol. The summed E-state index contributed by atoms with van der Waals surface area (Å²) < 4.78 is 21.5. The Kier molecular flexibility index (Phi) is 13.4. The van der Waals surface area contributed by atoms with Gasteiger partial charge in [-0.15, -0.1) is 0 Å². The van der Waals surface area contributed by atoms with E-state index in [2.05, 4.69) is 127 Å². The van der Waals surface area contributed by atoms with Gasteiger partial charge in [-0.3, -0.25) is 14.5 Å². The van der Waals surface area contributed by atoms with Crippen LogP contribution in [0.2, 0.25) is 54.4 Å². The minimum absolute atomic E-state index is 0.0511. The summed E-state index contributed by atoms with van der Waals surface area (Å²) in [5.41, 5.74) is 0.996. The molecule has 0 bridgehead atoms. The number of hydrogen-bond donors (Lipinski definition) is 0. The van der Waals surface area contributed by atoms with Crippen LogP contribution in [0.25, 0.3) is 0 Å². The van der Waals surface area contributed by atoms with Crippen molar-refractivity contribution in [2.75, 3.05) is 33.3 Å². The topological polar surface area (TPSA) is 68.3 Å². The van der Waals surface area contributed by atoms with Gasteiger partial charge >= 0.3 is 0 Å². The van der Waals surface area contributed by atoms with Crippen molar-refractivity contribution in [2.45, 2.75) is 143 Å². The predicted molar refractivity (Wildman–Crippen MR) is 205 cm³/mol. The maximum absolute atomic E-state index is 13.0. The Morgan fingerprint density at radius 2 is 1.15 bits per heavy atom. The highest BCUT2D eigenvalue weighted by Gasteiger charge is 2.47. The van der Waals surface area contributed by atoms with Gasteiger partial charge in [-0.1, -0.05) is 88.3 Å². The van der Waals surface area contributed by atoms with Crippen molar-refractivity contribution in [2.24, 2.45) is 11.8 Å². The highest BCUT2D eigenvalue weighted by molar-refractivity contribution is 6.75. The molecular formula is C37H70N2O5Si3. The highest BCUT2D eigenvalue weighted by atomic mass is 28.4. The van der Waals surface area contributed by atoms with Gasteiger partial charge in [-0.2, -0.15) is 0 Å². The molecule has 1 aliphatic heterocycles. The van der Waals surface area contributed by atoms with Crippen molar-refractivity contribution in [1.29, 1.82) is 0 Å². The van der Waals surface area contributed by atoms with Gasteiger partial charge in [0.05, 0.1) is 29.9 Å². The molecule has 0 unspecified atom stereocenters. The summed E-state index contributed by atoms with van der Waals surface area (Å²) in [5, 5.41) is 0.216. The van der Waals surface area contributed by atoms with Crippen molar-refractivity contribution in [3.05, 3.63) is 35.4 Å². The lowest BCUT2D eigenvalue weighted by molar-refractivity contribution is -0.0190. The van der Waals surface area contributed by atoms with E-state index in [-0.39, 0.29) is 51.0 Å². The molecule has 0 radical (unpaired) electrons. The number of amides is 2. The van der Waals surface area contributed by atoms with Gasteiger partial charge in [0.2, 0.25) is 0 Å². The van der Waals surface area contributed by atoms with Gasteiger partial charge in [-0.05, 0) is 79.5 Å². The zero-order valence-electron chi connectivity index (χ0n) is 33.4. The zero-order chi connectivity index (χ0) is 36.6. The maximum atomic E-state index is 13.0. The third kappa shape index (κ3) is 10.2. The molecule has 2 rings (SSSR count). The Labute approximate surface area is 291 Å². The Balaban J connectivity index is 2.37. The largest absolute Gasteiger partial charge is 0.414 e. The summed E-state index contributed by atoms with van der Waals surface area (Å²) in [6.07, 6.45) is -0.165. The van der Waals surface area contributed by atoms with Crippen molar-refractivity contribution in [3.8, 4) is 0 Å². The molecule has 2 amide bonds. The molecule has 0 N–H and O–H groups in total. The standard InChI is InChI=1S/C37H70N2O5Si3/c1-27(25-38(12)23-24-39-33(40)29-21-19-20-22-30(29)34(39)41)32(44-47(17,18)37(9,10)11)28(2)31(43-46(15,16)36(6,7)8)26-42-45(13,14)35(3,4)5/h19-22,27-28,31-32H,23-26H2,1-18H3/t27-,28+,31+,32+/m1/s1. The first-order chi connectivity index (χ1) is 21.0. The van der Waals surface area contributed by atoms with E-state index in [1.54, 1.807) is 12.1 Å². The van der Waals surface area contributed by atoms with Crippen molar-refractivity contribution in [1.82, 2.24) is 9.80 Å². The van der Waals surface area contributed by atoms with Gasteiger partial charge in [-0.25, -0.2) is 0 Å². The fourth-order valence-corrected chi connectivity index (χ4v) is 9.11. The molecule has 0 aliphatic carbocycles. The third-order valence-electron chi connectivity index (χ3n) is 11.8. The first kappa shape index (κ1) is 42.0. The van der Waals surface area contributed by atoms with Crippen molar-refractivity contribution in [3.63, 3.8) is 0 Å². The average molecular weight is 707 g/mol. The molecule has 1 aromatic rings. The van der Waals surface area contributed by atoms with E-state index in [0.717, 1.165) is 6.54 Å². The van der Waals surface area contributed by atoms with Crippen LogP contribution in [0.5, 0.6) is 0 Å². The highest BCUT2D eigenvalue weighted by Crippen LogP contribution is 2.43. The molecule has 1 heterocycles. The SMILES string of the molecule is C[C@H]([C@@H](O[Si](C)(C)C(C)(C)C)[C@H](C)CN(C)CCN1C(=O)c2ccccc2C1=O)[C@H](CO[Si](C)(C)C(C)(C)C)O[Si](C)(C)C(C)(C)C. The van der Waals surface area contributed by atoms with Crippen LogP contribution in [0.3, 0.4) is 0 Å². The molecule has 0 saturated heterocycles. The Morgan fingerprint density at radius 1 is 0.723 bits per heavy atom. The van der Waals surface area contributed by atoms with E-state index in [4.69, 9.17) is 13.3 Å². The summed E-state index contributed by atoms with van der Waals surface area (Å²) in [4.78, 5) is 29.6. The Bertz CT molecular complexity index is 1190. The molecule has 7 nitrogen and oxygen atoms in total. The summed E-state index contributed by atoms with van der Waals surface area (Å²) in [6.45, 7) is 41.5. The van der Waals surface area contributed by atoms with Crippen LogP contribution in [0.1, 0.15) is 96.9 Å². The van der Waals surface area contributed by atoms with Crippen LogP contribution in [0.15, 0.2) is 24.3 Å². The number of rotatable bonds is 15. The van der Waals surface area contributed by atoms with Crippen LogP contribution in [0.4, 0.5) is 0 Å². The lowest BCUT2D eigenvalue weighted by Crippen LogP contribution is -2.55. The maximum Gasteiger partial charge on any atom is 0.261 e. The summed E-state index contributed by atoms with van der Waals surface area (Å²) >= 11 is 0.